The lowest BCUT2D eigenvalue weighted by molar-refractivity contribution is -0.136. The minimum Gasteiger partial charge on any atom is -0.355 e. The summed E-state index contributed by atoms with van der Waals surface area (Å²) in [6.07, 6.45) is 6.53. The maximum Gasteiger partial charge on any atom is 0.225 e. The molecule has 1 aromatic rings. The highest BCUT2D eigenvalue weighted by atomic mass is 16.2. The van der Waals surface area contributed by atoms with Gasteiger partial charge in [0.25, 0.3) is 0 Å². The topological polar surface area (TPSA) is 73.1 Å². The zero-order valence-electron chi connectivity index (χ0n) is 13.4. The number of amides is 1. The second kappa shape index (κ2) is 7.40. The summed E-state index contributed by atoms with van der Waals surface area (Å²) < 4.78 is 0. The molecule has 2 aliphatic rings. The number of aromatic nitrogens is 2. The lowest BCUT2D eigenvalue weighted by Crippen LogP contribution is -2.43. The number of piperidine rings is 1. The van der Waals surface area contributed by atoms with Crippen molar-refractivity contribution in [2.45, 2.75) is 38.5 Å². The van der Waals surface area contributed by atoms with Crippen LogP contribution in [-0.4, -0.2) is 47.2 Å². The fraction of sp³-hybridized carbons (Fsp3) is 0.647. The van der Waals surface area contributed by atoms with Crippen LogP contribution in [0.25, 0.3) is 0 Å². The highest BCUT2D eigenvalue weighted by Crippen LogP contribution is 2.24. The van der Waals surface area contributed by atoms with Crippen molar-refractivity contribution >= 4 is 11.7 Å². The maximum atomic E-state index is 12.7. The smallest absolute Gasteiger partial charge is 0.225 e. The van der Waals surface area contributed by atoms with Crippen LogP contribution in [0.4, 0.5) is 5.82 Å². The van der Waals surface area contributed by atoms with Gasteiger partial charge in [0.1, 0.15) is 6.07 Å². The quantitative estimate of drug-likeness (QED) is 0.834. The van der Waals surface area contributed by atoms with Gasteiger partial charge in [-0.3, -0.25) is 4.79 Å². The van der Waals surface area contributed by atoms with Crippen molar-refractivity contribution in [3.05, 3.63) is 17.8 Å². The Morgan fingerprint density at radius 2 is 1.74 bits per heavy atom. The summed E-state index contributed by atoms with van der Waals surface area (Å²) in [6.45, 7) is 3.51. The van der Waals surface area contributed by atoms with E-state index in [-0.39, 0.29) is 5.92 Å². The SMILES string of the molecule is N#Cc1ccc(N2CCC(C(=O)N3CCCCCC3)CC2)nn1. The molecule has 0 saturated carbocycles. The van der Waals surface area contributed by atoms with Crippen molar-refractivity contribution in [1.29, 1.82) is 5.26 Å². The Morgan fingerprint density at radius 1 is 1.04 bits per heavy atom. The molecule has 6 nitrogen and oxygen atoms in total. The molecule has 122 valence electrons. The number of hydrogen-bond donors (Lipinski definition) is 0. The first-order valence-electron chi connectivity index (χ1n) is 8.55. The van der Waals surface area contributed by atoms with E-state index in [1.54, 1.807) is 6.07 Å². The Morgan fingerprint density at radius 3 is 2.30 bits per heavy atom. The van der Waals surface area contributed by atoms with Crippen molar-refractivity contribution in [1.82, 2.24) is 15.1 Å². The molecule has 3 heterocycles. The Hall–Kier alpha value is -2.16. The van der Waals surface area contributed by atoms with E-state index < -0.39 is 0 Å². The van der Waals surface area contributed by atoms with Crippen LogP contribution < -0.4 is 4.90 Å². The van der Waals surface area contributed by atoms with E-state index in [9.17, 15) is 4.79 Å². The van der Waals surface area contributed by atoms with E-state index in [1.165, 1.54) is 12.8 Å². The first-order chi connectivity index (χ1) is 11.3. The van der Waals surface area contributed by atoms with Gasteiger partial charge in [-0.1, -0.05) is 12.8 Å². The standard InChI is InChI=1S/C17H23N5O/c18-13-15-5-6-16(20-19-15)21-11-7-14(8-12-21)17(23)22-9-3-1-2-4-10-22/h5-6,14H,1-4,7-12H2. The second-order valence-corrected chi connectivity index (χ2v) is 6.39. The molecular weight excluding hydrogens is 290 g/mol. The number of nitriles is 1. The molecule has 1 aromatic heterocycles. The molecule has 0 aromatic carbocycles. The Bertz CT molecular complexity index is 564. The van der Waals surface area contributed by atoms with Crippen molar-refractivity contribution in [2.24, 2.45) is 5.92 Å². The third kappa shape index (κ3) is 3.79. The van der Waals surface area contributed by atoms with Crippen LogP contribution in [0.3, 0.4) is 0 Å². The Balaban J connectivity index is 1.55. The maximum absolute atomic E-state index is 12.7. The van der Waals surface area contributed by atoms with Crippen LogP contribution in [0.1, 0.15) is 44.2 Å². The monoisotopic (exact) mass is 313 g/mol. The number of hydrogen-bond acceptors (Lipinski definition) is 5. The van der Waals surface area contributed by atoms with E-state index in [1.807, 2.05) is 12.1 Å². The van der Waals surface area contributed by atoms with Crippen LogP contribution in [0.2, 0.25) is 0 Å². The van der Waals surface area contributed by atoms with Crippen LogP contribution in [-0.2, 0) is 4.79 Å². The minimum atomic E-state index is 0.149. The minimum absolute atomic E-state index is 0.149. The number of carbonyl (C=O) groups is 1. The van der Waals surface area contributed by atoms with Gasteiger partial charge in [-0.15, -0.1) is 10.2 Å². The van der Waals surface area contributed by atoms with Gasteiger partial charge >= 0.3 is 0 Å². The molecule has 2 aliphatic heterocycles. The zero-order chi connectivity index (χ0) is 16.1. The largest absolute Gasteiger partial charge is 0.355 e. The third-order valence-corrected chi connectivity index (χ3v) is 4.85. The number of anilines is 1. The molecule has 0 atom stereocenters. The molecule has 0 radical (unpaired) electrons. The molecule has 6 heteroatoms. The van der Waals surface area contributed by atoms with Crippen LogP contribution >= 0.6 is 0 Å². The number of rotatable bonds is 2. The molecule has 2 saturated heterocycles. The molecule has 1 amide bonds. The van der Waals surface area contributed by atoms with Gasteiger partial charge in [0.05, 0.1) is 0 Å². The Labute approximate surface area is 137 Å². The average Bonchev–Trinajstić information content (AvgIpc) is 2.91. The molecule has 0 spiro atoms. The van der Waals surface area contributed by atoms with E-state index in [0.29, 0.717) is 11.6 Å². The third-order valence-electron chi connectivity index (χ3n) is 4.85. The normalized spacial score (nSPS) is 20.0. The van der Waals surface area contributed by atoms with Crippen molar-refractivity contribution in [3.8, 4) is 6.07 Å². The number of nitrogens with zero attached hydrogens (tertiary/aromatic N) is 5. The summed E-state index contributed by atoms with van der Waals surface area (Å²) in [5.41, 5.74) is 0.333. The molecule has 2 fully saturated rings. The average molecular weight is 313 g/mol. The van der Waals surface area contributed by atoms with E-state index in [4.69, 9.17) is 5.26 Å². The van der Waals surface area contributed by atoms with Crippen LogP contribution in [0, 0.1) is 17.2 Å². The number of carbonyl (C=O) groups excluding carboxylic acids is 1. The summed E-state index contributed by atoms with van der Waals surface area (Å²) in [7, 11) is 0. The van der Waals surface area contributed by atoms with E-state index >= 15 is 0 Å². The van der Waals surface area contributed by atoms with Gasteiger partial charge in [0.2, 0.25) is 5.91 Å². The van der Waals surface area contributed by atoms with Gasteiger partial charge in [0.15, 0.2) is 11.5 Å². The van der Waals surface area contributed by atoms with Gasteiger partial charge < -0.3 is 9.80 Å². The van der Waals surface area contributed by atoms with Crippen LogP contribution in [0.5, 0.6) is 0 Å². The van der Waals surface area contributed by atoms with Crippen molar-refractivity contribution in [3.63, 3.8) is 0 Å². The molecule has 0 unspecified atom stereocenters. The Kier molecular flexibility index (Phi) is 5.06. The van der Waals surface area contributed by atoms with Gasteiger partial charge in [-0.25, -0.2) is 0 Å². The van der Waals surface area contributed by atoms with Gasteiger partial charge in [-0.2, -0.15) is 5.26 Å². The molecule has 0 bridgehead atoms. The predicted octanol–water partition coefficient (Wildman–Crippen LogP) is 1.97. The highest BCUT2D eigenvalue weighted by Gasteiger charge is 2.29. The van der Waals surface area contributed by atoms with E-state index in [2.05, 4.69) is 20.0 Å². The summed E-state index contributed by atoms with van der Waals surface area (Å²) >= 11 is 0. The summed E-state index contributed by atoms with van der Waals surface area (Å²) in [5, 5.41) is 16.8. The highest BCUT2D eigenvalue weighted by molar-refractivity contribution is 5.79. The first kappa shape index (κ1) is 15.7. The molecule has 0 N–H and O–H groups in total. The second-order valence-electron chi connectivity index (χ2n) is 6.39. The molecular formula is C17H23N5O. The lowest BCUT2D eigenvalue weighted by Gasteiger charge is -2.34. The van der Waals surface area contributed by atoms with Crippen LogP contribution in [0.15, 0.2) is 12.1 Å². The molecule has 3 rings (SSSR count). The van der Waals surface area contributed by atoms with Gasteiger partial charge in [0, 0.05) is 32.1 Å². The van der Waals surface area contributed by atoms with Crippen molar-refractivity contribution in [2.75, 3.05) is 31.1 Å². The summed E-state index contributed by atoms with van der Waals surface area (Å²) in [6, 6.07) is 5.51. The number of likely N-dealkylation sites (tertiary alicyclic amines) is 1. The summed E-state index contributed by atoms with van der Waals surface area (Å²) in [4.78, 5) is 16.9. The van der Waals surface area contributed by atoms with Crippen molar-refractivity contribution < 1.29 is 4.79 Å². The molecule has 0 aliphatic carbocycles. The predicted molar refractivity (Wildman–Crippen MR) is 86.7 cm³/mol. The van der Waals surface area contributed by atoms with Gasteiger partial charge in [-0.05, 0) is 37.8 Å². The fourth-order valence-corrected chi connectivity index (χ4v) is 3.46. The molecule has 23 heavy (non-hydrogen) atoms. The lowest BCUT2D eigenvalue weighted by atomic mass is 9.95. The fourth-order valence-electron chi connectivity index (χ4n) is 3.46. The van der Waals surface area contributed by atoms with E-state index in [0.717, 1.165) is 57.7 Å². The zero-order valence-corrected chi connectivity index (χ0v) is 13.4. The summed E-state index contributed by atoms with van der Waals surface area (Å²) in [5.74, 6) is 1.29. The first-order valence-corrected chi connectivity index (χ1v) is 8.55.